The summed E-state index contributed by atoms with van der Waals surface area (Å²) < 4.78 is 10.0. The molecule has 0 fully saturated rings. The van der Waals surface area contributed by atoms with Gasteiger partial charge < -0.3 is 4.74 Å². The Morgan fingerprint density at radius 2 is 2.03 bits per heavy atom. The van der Waals surface area contributed by atoms with Gasteiger partial charge in [0.1, 0.15) is 28.4 Å². The van der Waals surface area contributed by atoms with Gasteiger partial charge in [-0.2, -0.15) is 10.2 Å². The Morgan fingerprint density at radius 1 is 1.23 bits per heavy atom. The Labute approximate surface area is 185 Å². The molecular formula is C19H17ClN8O2S. The van der Waals surface area contributed by atoms with Crippen LogP contribution in [0.2, 0.25) is 5.02 Å². The van der Waals surface area contributed by atoms with Crippen LogP contribution in [0.1, 0.15) is 26.6 Å². The van der Waals surface area contributed by atoms with Crippen molar-refractivity contribution in [1.29, 1.82) is 0 Å². The van der Waals surface area contributed by atoms with Gasteiger partial charge in [0.25, 0.3) is 0 Å². The van der Waals surface area contributed by atoms with Gasteiger partial charge in [-0.05, 0) is 32.4 Å². The summed E-state index contributed by atoms with van der Waals surface area (Å²) in [7, 11) is 1.36. The topological polar surface area (TPSA) is 105 Å². The molecule has 5 rings (SSSR count). The van der Waals surface area contributed by atoms with E-state index in [1.54, 1.807) is 20.2 Å². The van der Waals surface area contributed by atoms with Gasteiger partial charge >= 0.3 is 5.97 Å². The Kier molecular flexibility index (Phi) is 4.52. The third kappa shape index (κ3) is 3.08. The number of ether oxygens (including phenoxy) is 1. The van der Waals surface area contributed by atoms with Crippen molar-refractivity contribution in [3.05, 3.63) is 45.4 Å². The third-order valence-electron chi connectivity index (χ3n) is 5.08. The van der Waals surface area contributed by atoms with Gasteiger partial charge in [-0.1, -0.05) is 11.6 Å². The lowest BCUT2D eigenvalue weighted by Gasteiger charge is -2.04. The summed E-state index contributed by atoms with van der Waals surface area (Å²) in [5, 5.41) is 15.0. The van der Waals surface area contributed by atoms with Crippen molar-refractivity contribution in [2.45, 2.75) is 27.4 Å². The molecule has 0 saturated carbocycles. The summed E-state index contributed by atoms with van der Waals surface area (Å²) in [5.74, 6) is 0.0751. The van der Waals surface area contributed by atoms with Crippen LogP contribution in [0.15, 0.2) is 18.6 Å². The fourth-order valence-electron chi connectivity index (χ4n) is 3.44. The van der Waals surface area contributed by atoms with E-state index in [0.29, 0.717) is 38.6 Å². The third-order valence-corrected chi connectivity index (χ3v) is 6.81. The molecule has 5 heterocycles. The smallest absolute Gasteiger partial charge is 0.348 e. The normalized spacial score (nSPS) is 11.6. The molecule has 158 valence electrons. The zero-order valence-corrected chi connectivity index (χ0v) is 18.7. The number of hydrogen-bond acceptors (Lipinski definition) is 8. The molecule has 10 nitrogen and oxygen atoms in total. The van der Waals surface area contributed by atoms with Gasteiger partial charge in [0.15, 0.2) is 5.65 Å². The van der Waals surface area contributed by atoms with Crippen molar-refractivity contribution in [2.75, 3.05) is 7.11 Å². The molecule has 0 radical (unpaired) electrons. The highest BCUT2D eigenvalue weighted by atomic mass is 35.5. The maximum absolute atomic E-state index is 12.1. The largest absolute Gasteiger partial charge is 0.465 e. The van der Waals surface area contributed by atoms with Crippen LogP contribution in [0.4, 0.5) is 0 Å². The van der Waals surface area contributed by atoms with Crippen LogP contribution in [-0.4, -0.2) is 52.2 Å². The number of fused-ring (bicyclic) bond motifs is 3. The fraction of sp³-hybridized carbons (Fsp3) is 0.263. The number of esters is 1. The zero-order valence-electron chi connectivity index (χ0n) is 17.1. The maximum atomic E-state index is 12.1. The van der Waals surface area contributed by atoms with Gasteiger partial charge in [0.2, 0.25) is 5.82 Å². The molecule has 0 atom stereocenters. The maximum Gasteiger partial charge on any atom is 0.348 e. The quantitative estimate of drug-likeness (QED) is 0.382. The first-order chi connectivity index (χ1) is 14.9. The van der Waals surface area contributed by atoms with E-state index in [0.717, 1.165) is 22.3 Å². The molecule has 0 unspecified atom stereocenters. The highest BCUT2D eigenvalue weighted by Gasteiger charge is 2.21. The number of aryl methyl sites for hydroxylation is 2. The molecule has 0 aliphatic rings. The van der Waals surface area contributed by atoms with E-state index in [9.17, 15) is 4.79 Å². The molecule has 0 spiro atoms. The fourth-order valence-corrected chi connectivity index (χ4v) is 4.64. The number of carbonyl (C=O) groups excluding carboxylic acids is 1. The SMILES string of the molecule is COC(=O)c1sc2ncn3nc(-c4ccn(Cn5nc(C)c(Cl)c5C)n4)nc3c2c1C. The molecule has 12 heteroatoms. The van der Waals surface area contributed by atoms with Gasteiger partial charge in [-0.25, -0.2) is 24.0 Å². The van der Waals surface area contributed by atoms with Gasteiger partial charge in [0.05, 0.1) is 28.9 Å². The molecule has 5 aromatic rings. The Hall–Kier alpha value is -3.31. The van der Waals surface area contributed by atoms with Crippen molar-refractivity contribution in [3.63, 3.8) is 0 Å². The van der Waals surface area contributed by atoms with E-state index in [1.807, 2.05) is 33.0 Å². The van der Waals surface area contributed by atoms with Crippen molar-refractivity contribution < 1.29 is 9.53 Å². The lowest BCUT2D eigenvalue weighted by atomic mass is 10.2. The van der Waals surface area contributed by atoms with Gasteiger partial charge in [0, 0.05) is 6.20 Å². The Morgan fingerprint density at radius 3 is 2.74 bits per heavy atom. The second-order valence-corrected chi connectivity index (χ2v) is 8.42. The summed E-state index contributed by atoms with van der Waals surface area (Å²) in [6.45, 7) is 6.06. The van der Waals surface area contributed by atoms with Gasteiger partial charge in [-0.3, -0.25) is 4.68 Å². The van der Waals surface area contributed by atoms with Crippen LogP contribution in [0.3, 0.4) is 0 Å². The minimum absolute atomic E-state index is 0.388. The zero-order chi connectivity index (χ0) is 21.9. The molecule has 0 amide bonds. The molecule has 0 aliphatic heterocycles. The van der Waals surface area contributed by atoms with Crippen molar-refractivity contribution in [1.82, 2.24) is 39.1 Å². The average Bonchev–Trinajstić information content (AvgIpc) is 3.51. The van der Waals surface area contributed by atoms with Crippen LogP contribution in [0, 0.1) is 20.8 Å². The molecule has 0 aliphatic carbocycles. The molecule has 0 aromatic carbocycles. The number of nitrogens with zero attached hydrogens (tertiary/aromatic N) is 8. The summed E-state index contributed by atoms with van der Waals surface area (Å²) >= 11 is 7.51. The lowest BCUT2D eigenvalue weighted by Crippen LogP contribution is -2.11. The molecule has 0 bridgehead atoms. The minimum Gasteiger partial charge on any atom is -0.465 e. The van der Waals surface area contributed by atoms with E-state index < -0.39 is 0 Å². The average molecular weight is 457 g/mol. The second kappa shape index (κ2) is 7.13. The summed E-state index contributed by atoms with van der Waals surface area (Å²) in [6.07, 6.45) is 3.42. The van der Waals surface area contributed by atoms with Crippen molar-refractivity contribution in [3.8, 4) is 11.5 Å². The summed E-state index contributed by atoms with van der Waals surface area (Å²) in [6, 6.07) is 1.84. The number of aromatic nitrogens is 8. The van der Waals surface area contributed by atoms with E-state index >= 15 is 0 Å². The minimum atomic E-state index is -0.388. The van der Waals surface area contributed by atoms with Crippen LogP contribution >= 0.6 is 22.9 Å². The van der Waals surface area contributed by atoms with Gasteiger partial charge in [-0.15, -0.1) is 16.4 Å². The first-order valence-electron chi connectivity index (χ1n) is 9.33. The van der Waals surface area contributed by atoms with E-state index in [4.69, 9.17) is 16.3 Å². The second-order valence-electron chi connectivity index (χ2n) is 7.04. The highest BCUT2D eigenvalue weighted by Crippen LogP contribution is 2.32. The summed E-state index contributed by atoms with van der Waals surface area (Å²) in [4.78, 5) is 22.4. The Bertz CT molecular complexity index is 1480. The van der Waals surface area contributed by atoms with E-state index in [1.165, 1.54) is 18.4 Å². The van der Waals surface area contributed by atoms with Crippen molar-refractivity contribution in [2.24, 2.45) is 0 Å². The highest BCUT2D eigenvalue weighted by molar-refractivity contribution is 7.20. The van der Waals surface area contributed by atoms with E-state index in [-0.39, 0.29) is 5.97 Å². The number of rotatable bonds is 4. The Balaban J connectivity index is 1.54. The lowest BCUT2D eigenvalue weighted by molar-refractivity contribution is 0.0605. The molecule has 0 saturated heterocycles. The van der Waals surface area contributed by atoms with Crippen molar-refractivity contribution >= 4 is 44.8 Å². The van der Waals surface area contributed by atoms with Crippen LogP contribution in [0.25, 0.3) is 27.4 Å². The van der Waals surface area contributed by atoms with Crippen LogP contribution in [-0.2, 0) is 11.4 Å². The number of carbonyl (C=O) groups is 1. The predicted octanol–water partition coefficient (Wildman–Crippen LogP) is 3.27. The molecule has 0 N–H and O–H groups in total. The number of hydrogen-bond donors (Lipinski definition) is 0. The summed E-state index contributed by atoms with van der Waals surface area (Å²) in [5.41, 5.74) is 3.66. The molecule has 5 aromatic heterocycles. The molecular weight excluding hydrogens is 440 g/mol. The number of halogens is 1. The standard InChI is InChI=1S/C19H17ClN8O2S/c1-9-13-17-22-16(25-27(17)7-21-18(13)31-15(9)19(29)30-4)12-5-6-26(24-12)8-28-11(3)14(20)10(2)23-28/h5-7H,8H2,1-4H3. The van der Waals surface area contributed by atoms with Crippen LogP contribution < -0.4 is 0 Å². The van der Waals surface area contributed by atoms with E-state index in [2.05, 4.69) is 25.3 Å². The number of methoxy groups -OCH3 is 1. The first kappa shape index (κ1) is 19.6. The first-order valence-corrected chi connectivity index (χ1v) is 10.5. The predicted molar refractivity (Wildman–Crippen MR) is 116 cm³/mol. The monoisotopic (exact) mass is 456 g/mol. The van der Waals surface area contributed by atoms with Crippen LogP contribution in [0.5, 0.6) is 0 Å². The molecule has 31 heavy (non-hydrogen) atoms. The number of thiophene rings is 1.